The molecule has 0 bridgehead atoms. The first-order valence-corrected chi connectivity index (χ1v) is 7.42. The first-order chi connectivity index (χ1) is 11.3. The molecule has 0 saturated heterocycles. The van der Waals surface area contributed by atoms with Gasteiger partial charge in [0.2, 0.25) is 0 Å². The molecule has 0 saturated carbocycles. The number of nitrogens with zero attached hydrogens (tertiary/aromatic N) is 1. The number of aromatic nitrogens is 2. The second-order valence-corrected chi connectivity index (χ2v) is 5.45. The zero-order chi connectivity index (χ0) is 17.9. The standard InChI is InChI=1S/C16H17F5N2O/c1-2-10-3-5-11(6-4-10)7-13-14(16(19,20)21)23(22-15(13)24)12(8-17)9-18/h3-6,12H,2,7-9H2,1H3,(H,22,24). The summed E-state index contributed by atoms with van der Waals surface area (Å²) in [4.78, 5) is 12.0. The van der Waals surface area contributed by atoms with E-state index < -0.39 is 42.4 Å². The van der Waals surface area contributed by atoms with E-state index in [1.54, 1.807) is 24.3 Å². The summed E-state index contributed by atoms with van der Waals surface area (Å²) in [6.07, 6.45) is -4.40. The van der Waals surface area contributed by atoms with E-state index in [0.29, 0.717) is 5.56 Å². The van der Waals surface area contributed by atoms with Crippen molar-refractivity contribution in [2.45, 2.75) is 32.0 Å². The van der Waals surface area contributed by atoms with Crippen molar-refractivity contribution in [3.05, 3.63) is 57.0 Å². The van der Waals surface area contributed by atoms with Gasteiger partial charge in [0.15, 0.2) is 0 Å². The van der Waals surface area contributed by atoms with Crippen LogP contribution in [-0.4, -0.2) is 23.1 Å². The third-order valence-corrected chi connectivity index (χ3v) is 3.82. The summed E-state index contributed by atoms with van der Waals surface area (Å²) < 4.78 is 65.9. The van der Waals surface area contributed by atoms with Gasteiger partial charge in [-0.2, -0.15) is 13.2 Å². The van der Waals surface area contributed by atoms with Crippen molar-refractivity contribution >= 4 is 0 Å². The van der Waals surface area contributed by atoms with Crippen LogP contribution in [0, 0.1) is 0 Å². The number of rotatable bonds is 6. The smallest absolute Gasteiger partial charge is 0.272 e. The number of hydrogen-bond acceptors (Lipinski definition) is 1. The Labute approximate surface area is 135 Å². The lowest BCUT2D eigenvalue weighted by Gasteiger charge is -2.17. The van der Waals surface area contributed by atoms with Crippen LogP contribution in [0.5, 0.6) is 0 Å². The summed E-state index contributed by atoms with van der Waals surface area (Å²) in [6.45, 7) is -0.765. The van der Waals surface area contributed by atoms with E-state index >= 15 is 0 Å². The molecule has 0 atom stereocenters. The van der Waals surface area contributed by atoms with Crippen molar-refractivity contribution in [1.29, 1.82) is 0 Å². The van der Waals surface area contributed by atoms with Gasteiger partial charge in [0.05, 0.1) is 5.56 Å². The van der Waals surface area contributed by atoms with E-state index in [4.69, 9.17) is 0 Å². The third kappa shape index (κ3) is 3.68. The molecule has 0 amide bonds. The van der Waals surface area contributed by atoms with Crippen LogP contribution in [0.4, 0.5) is 22.0 Å². The lowest BCUT2D eigenvalue weighted by molar-refractivity contribution is -0.145. The van der Waals surface area contributed by atoms with E-state index in [2.05, 4.69) is 0 Å². The minimum Gasteiger partial charge on any atom is -0.272 e. The molecule has 1 aromatic heterocycles. The number of benzene rings is 1. The van der Waals surface area contributed by atoms with Gasteiger partial charge in [0, 0.05) is 6.42 Å². The molecule has 0 fully saturated rings. The fourth-order valence-electron chi connectivity index (χ4n) is 2.51. The summed E-state index contributed by atoms with van der Waals surface area (Å²) in [5, 5.41) is 1.93. The van der Waals surface area contributed by atoms with Gasteiger partial charge in [0.25, 0.3) is 5.56 Å². The Morgan fingerprint density at radius 1 is 1.08 bits per heavy atom. The van der Waals surface area contributed by atoms with E-state index in [1.165, 1.54) is 0 Å². The highest BCUT2D eigenvalue weighted by atomic mass is 19.4. The average molecular weight is 348 g/mol. The van der Waals surface area contributed by atoms with Crippen molar-refractivity contribution in [3.8, 4) is 0 Å². The van der Waals surface area contributed by atoms with Gasteiger partial charge in [-0.3, -0.25) is 14.6 Å². The summed E-state index contributed by atoms with van der Waals surface area (Å²) in [5.74, 6) is 0. The predicted octanol–water partition coefficient (Wildman–Crippen LogP) is 3.83. The molecule has 132 valence electrons. The Kier molecular flexibility index (Phi) is 5.46. The molecule has 2 rings (SSSR count). The maximum Gasteiger partial charge on any atom is 0.433 e. The molecule has 1 aromatic carbocycles. The number of halogens is 5. The number of H-pyrrole nitrogens is 1. The van der Waals surface area contributed by atoms with Crippen LogP contribution in [0.2, 0.25) is 0 Å². The van der Waals surface area contributed by atoms with Crippen LogP contribution >= 0.6 is 0 Å². The number of hydrogen-bond donors (Lipinski definition) is 1. The maximum absolute atomic E-state index is 13.4. The minimum absolute atomic E-state index is 0.262. The van der Waals surface area contributed by atoms with E-state index in [0.717, 1.165) is 12.0 Å². The van der Waals surface area contributed by atoms with Crippen molar-refractivity contribution in [2.24, 2.45) is 0 Å². The highest BCUT2D eigenvalue weighted by molar-refractivity contribution is 5.31. The monoisotopic (exact) mass is 348 g/mol. The van der Waals surface area contributed by atoms with Crippen LogP contribution in [0.1, 0.15) is 35.3 Å². The molecular weight excluding hydrogens is 331 g/mol. The molecule has 0 unspecified atom stereocenters. The lowest BCUT2D eigenvalue weighted by Crippen LogP contribution is -2.23. The summed E-state index contributed by atoms with van der Waals surface area (Å²) in [6, 6.07) is 5.10. The van der Waals surface area contributed by atoms with E-state index in [1.807, 2.05) is 12.0 Å². The topological polar surface area (TPSA) is 37.8 Å². The average Bonchev–Trinajstić information content (AvgIpc) is 2.86. The zero-order valence-corrected chi connectivity index (χ0v) is 13.0. The fourth-order valence-corrected chi connectivity index (χ4v) is 2.51. The number of aromatic amines is 1. The van der Waals surface area contributed by atoms with Crippen LogP contribution in [0.25, 0.3) is 0 Å². The zero-order valence-electron chi connectivity index (χ0n) is 13.0. The van der Waals surface area contributed by atoms with Gasteiger partial charge in [-0.25, -0.2) is 8.78 Å². The molecule has 3 nitrogen and oxygen atoms in total. The Morgan fingerprint density at radius 3 is 2.08 bits per heavy atom. The Balaban J connectivity index is 2.50. The van der Waals surface area contributed by atoms with Crippen molar-refractivity contribution in [3.63, 3.8) is 0 Å². The van der Waals surface area contributed by atoms with Gasteiger partial charge in [0.1, 0.15) is 25.1 Å². The van der Waals surface area contributed by atoms with Gasteiger partial charge in [-0.15, -0.1) is 0 Å². The molecule has 2 aromatic rings. The fraction of sp³-hybridized carbons (Fsp3) is 0.438. The van der Waals surface area contributed by atoms with Crippen molar-refractivity contribution in [1.82, 2.24) is 9.78 Å². The second kappa shape index (κ2) is 7.19. The molecule has 0 aliphatic rings. The molecule has 0 spiro atoms. The molecule has 24 heavy (non-hydrogen) atoms. The summed E-state index contributed by atoms with van der Waals surface area (Å²) in [5.41, 5.74) is -1.34. The number of aryl methyl sites for hydroxylation is 1. The quantitative estimate of drug-likeness (QED) is 0.792. The first kappa shape index (κ1) is 18.2. The van der Waals surface area contributed by atoms with Crippen LogP contribution in [0.15, 0.2) is 29.1 Å². The minimum atomic E-state index is -4.90. The molecule has 8 heteroatoms. The summed E-state index contributed by atoms with van der Waals surface area (Å²) >= 11 is 0. The first-order valence-electron chi connectivity index (χ1n) is 7.42. The van der Waals surface area contributed by atoms with Crippen LogP contribution in [-0.2, 0) is 19.0 Å². The molecule has 0 aliphatic carbocycles. The van der Waals surface area contributed by atoms with E-state index in [9.17, 15) is 26.7 Å². The van der Waals surface area contributed by atoms with Crippen LogP contribution in [0.3, 0.4) is 0 Å². The number of nitrogens with one attached hydrogen (secondary N) is 1. The predicted molar refractivity (Wildman–Crippen MR) is 79.7 cm³/mol. The van der Waals surface area contributed by atoms with Gasteiger partial charge >= 0.3 is 6.18 Å². The van der Waals surface area contributed by atoms with E-state index in [-0.39, 0.29) is 11.1 Å². The van der Waals surface area contributed by atoms with Crippen molar-refractivity contribution < 1.29 is 22.0 Å². The molecule has 1 N–H and O–H groups in total. The van der Waals surface area contributed by atoms with Crippen LogP contribution < -0.4 is 5.56 Å². The summed E-state index contributed by atoms with van der Waals surface area (Å²) in [7, 11) is 0. The molecular formula is C16H17F5N2O. The van der Waals surface area contributed by atoms with Crippen molar-refractivity contribution in [2.75, 3.05) is 13.3 Å². The highest BCUT2D eigenvalue weighted by Crippen LogP contribution is 2.33. The third-order valence-electron chi connectivity index (χ3n) is 3.82. The molecule has 1 heterocycles. The number of alkyl halides is 5. The normalized spacial score (nSPS) is 12.1. The largest absolute Gasteiger partial charge is 0.433 e. The maximum atomic E-state index is 13.4. The highest BCUT2D eigenvalue weighted by Gasteiger charge is 2.40. The van der Waals surface area contributed by atoms with Gasteiger partial charge in [-0.1, -0.05) is 31.2 Å². The Morgan fingerprint density at radius 2 is 1.62 bits per heavy atom. The molecule has 0 aliphatic heterocycles. The van der Waals surface area contributed by atoms with Gasteiger partial charge in [-0.05, 0) is 17.5 Å². The SMILES string of the molecule is CCc1ccc(Cc2c(C(F)(F)F)n(C(CF)CF)[nH]c2=O)cc1. The lowest BCUT2D eigenvalue weighted by atomic mass is 10.0. The Bertz CT molecular complexity index is 726. The Hall–Kier alpha value is -2.12. The molecule has 0 radical (unpaired) electrons. The van der Waals surface area contributed by atoms with Gasteiger partial charge < -0.3 is 0 Å². The second-order valence-electron chi connectivity index (χ2n) is 5.45.